The summed E-state index contributed by atoms with van der Waals surface area (Å²) >= 11 is 6.48. The van der Waals surface area contributed by atoms with Gasteiger partial charge in [-0.05, 0) is 31.9 Å². The highest BCUT2D eigenvalue weighted by atomic mass is 35.5. The van der Waals surface area contributed by atoms with E-state index in [0.29, 0.717) is 41.1 Å². The predicted octanol–water partition coefficient (Wildman–Crippen LogP) is 3.44. The SMILES string of the molecule is CC(C)(O)c1ccc(-c2nc3nc(OC4COC5CCOC54)[nH]c3cc2Cl)cc1. The minimum absolute atomic E-state index is 0.0513. The number of ether oxygens (including phenoxy) is 3. The zero-order valence-corrected chi connectivity index (χ0v) is 16.9. The van der Waals surface area contributed by atoms with E-state index in [1.165, 1.54) is 0 Å². The molecule has 8 heteroatoms. The normalized spacial score (nSPS) is 24.2. The topological polar surface area (TPSA) is 89.5 Å². The first-order chi connectivity index (χ1) is 13.9. The largest absolute Gasteiger partial charge is 0.456 e. The Hall–Kier alpha value is -2.19. The molecule has 0 amide bonds. The van der Waals surface area contributed by atoms with E-state index in [9.17, 15) is 5.11 Å². The highest BCUT2D eigenvalue weighted by Gasteiger charge is 2.43. The van der Waals surface area contributed by atoms with Gasteiger partial charge < -0.3 is 24.3 Å². The second-order valence-corrected chi connectivity index (χ2v) is 8.43. The van der Waals surface area contributed by atoms with Gasteiger partial charge in [0.05, 0.1) is 34.5 Å². The van der Waals surface area contributed by atoms with Crippen molar-refractivity contribution in [2.45, 2.75) is 44.2 Å². The van der Waals surface area contributed by atoms with Crippen LogP contribution in [0, 0.1) is 0 Å². The first-order valence-electron chi connectivity index (χ1n) is 9.68. The summed E-state index contributed by atoms with van der Waals surface area (Å²) in [6.07, 6.45) is 0.768. The Morgan fingerprint density at radius 2 is 2.00 bits per heavy atom. The van der Waals surface area contributed by atoms with Gasteiger partial charge in [0, 0.05) is 12.2 Å². The lowest BCUT2D eigenvalue weighted by molar-refractivity contribution is 0.0273. The van der Waals surface area contributed by atoms with Crippen LogP contribution in [0.2, 0.25) is 5.02 Å². The minimum Gasteiger partial charge on any atom is -0.456 e. The quantitative estimate of drug-likeness (QED) is 0.678. The molecule has 29 heavy (non-hydrogen) atoms. The van der Waals surface area contributed by atoms with Gasteiger partial charge in [0.2, 0.25) is 0 Å². The van der Waals surface area contributed by atoms with E-state index < -0.39 is 5.60 Å². The van der Waals surface area contributed by atoms with E-state index in [2.05, 4.69) is 15.0 Å². The number of halogens is 1. The average Bonchev–Trinajstić information content (AvgIpc) is 3.37. The van der Waals surface area contributed by atoms with Crippen LogP contribution in [0.3, 0.4) is 0 Å². The standard InChI is InChI=1S/C21H22ClN3O4/c1-21(2,26)12-5-3-11(4-6-12)17-13(22)9-14-19(24-17)25-20(23-14)29-16-10-28-15-7-8-27-18(15)16/h3-6,9,15-16,18,26H,7-8,10H2,1-2H3,(H,23,24,25). The number of hydrogen-bond donors (Lipinski definition) is 2. The molecule has 7 nitrogen and oxygen atoms in total. The summed E-state index contributed by atoms with van der Waals surface area (Å²) in [5.41, 5.74) is 2.61. The lowest BCUT2D eigenvalue weighted by Gasteiger charge is -2.17. The summed E-state index contributed by atoms with van der Waals surface area (Å²) in [6, 6.07) is 9.70. The van der Waals surface area contributed by atoms with Crippen molar-refractivity contribution in [1.29, 1.82) is 0 Å². The molecule has 0 bridgehead atoms. The number of aromatic amines is 1. The Kier molecular flexibility index (Phi) is 4.51. The van der Waals surface area contributed by atoms with Crippen molar-refractivity contribution in [3.05, 3.63) is 40.9 Å². The zero-order chi connectivity index (χ0) is 20.2. The number of aromatic nitrogens is 3. The van der Waals surface area contributed by atoms with Crippen LogP contribution < -0.4 is 4.74 Å². The van der Waals surface area contributed by atoms with Crippen LogP contribution in [0.1, 0.15) is 25.8 Å². The summed E-state index contributed by atoms with van der Waals surface area (Å²) in [7, 11) is 0. The van der Waals surface area contributed by atoms with Crippen LogP contribution in [0.5, 0.6) is 6.01 Å². The highest BCUT2D eigenvalue weighted by Crippen LogP contribution is 2.32. The van der Waals surface area contributed by atoms with E-state index >= 15 is 0 Å². The maximum Gasteiger partial charge on any atom is 0.296 e. The van der Waals surface area contributed by atoms with Gasteiger partial charge >= 0.3 is 0 Å². The molecular formula is C21H22ClN3O4. The summed E-state index contributed by atoms with van der Waals surface area (Å²) in [5, 5.41) is 10.6. The monoisotopic (exact) mass is 415 g/mol. The van der Waals surface area contributed by atoms with Gasteiger partial charge in [-0.2, -0.15) is 4.98 Å². The number of nitrogens with zero attached hydrogens (tertiary/aromatic N) is 2. The Morgan fingerprint density at radius 3 is 2.76 bits per heavy atom. The number of imidazole rings is 1. The Bertz CT molecular complexity index is 1040. The van der Waals surface area contributed by atoms with Gasteiger partial charge in [-0.3, -0.25) is 0 Å². The van der Waals surface area contributed by atoms with Crippen LogP contribution >= 0.6 is 11.6 Å². The summed E-state index contributed by atoms with van der Waals surface area (Å²) in [4.78, 5) is 12.2. The van der Waals surface area contributed by atoms with E-state index in [1.807, 2.05) is 24.3 Å². The third kappa shape index (κ3) is 3.48. The fourth-order valence-corrected chi connectivity index (χ4v) is 4.12. The number of benzene rings is 1. The molecule has 4 heterocycles. The van der Waals surface area contributed by atoms with Gasteiger partial charge in [-0.1, -0.05) is 35.9 Å². The Balaban J connectivity index is 1.42. The fraction of sp³-hybridized carbons (Fsp3) is 0.429. The zero-order valence-electron chi connectivity index (χ0n) is 16.2. The molecule has 2 aliphatic rings. The van der Waals surface area contributed by atoms with Gasteiger partial charge in [0.1, 0.15) is 6.10 Å². The summed E-state index contributed by atoms with van der Waals surface area (Å²) < 4.78 is 17.4. The van der Waals surface area contributed by atoms with Crippen LogP contribution in [0.4, 0.5) is 0 Å². The molecule has 0 spiro atoms. The number of H-pyrrole nitrogens is 1. The molecule has 3 unspecified atom stereocenters. The van der Waals surface area contributed by atoms with E-state index in [4.69, 9.17) is 25.8 Å². The van der Waals surface area contributed by atoms with Crippen molar-refractivity contribution in [3.63, 3.8) is 0 Å². The fourth-order valence-electron chi connectivity index (χ4n) is 3.86. The molecule has 2 N–H and O–H groups in total. The van der Waals surface area contributed by atoms with E-state index in [-0.39, 0.29) is 18.3 Å². The molecule has 5 rings (SSSR count). The molecule has 2 saturated heterocycles. The first kappa shape index (κ1) is 18.8. The van der Waals surface area contributed by atoms with Crippen molar-refractivity contribution in [1.82, 2.24) is 15.0 Å². The lowest BCUT2D eigenvalue weighted by atomic mass is 9.96. The van der Waals surface area contributed by atoms with Crippen molar-refractivity contribution in [2.24, 2.45) is 0 Å². The number of hydrogen-bond acceptors (Lipinski definition) is 6. The second-order valence-electron chi connectivity index (χ2n) is 8.02. The molecule has 152 valence electrons. The molecule has 2 fully saturated rings. The van der Waals surface area contributed by atoms with Crippen molar-refractivity contribution in [2.75, 3.05) is 13.2 Å². The highest BCUT2D eigenvalue weighted by molar-refractivity contribution is 6.33. The van der Waals surface area contributed by atoms with Gasteiger partial charge in [0.15, 0.2) is 11.8 Å². The smallest absolute Gasteiger partial charge is 0.296 e. The van der Waals surface area contributed by atoms with Crippen molar-refractivity contribution in [3.8, 4) is 17.3 Å². The predicted molar refractivity (Wildman–Crippen MR) is 108 cm³/mol. The molecular weight excluding hydrogens is 394 g/mol. The molecule has 3 aromatic rings. The van der Waals surface area contributed by atoms with E-state index in [0.717, 1.165) is 17.5 Å². The lowest BCUT2D eigenvalue weighted by Crippen LogP contribution is -2.32. The van der Waals surface area contributed by atoms with Crippen LogP contribution in [0.25, 0.3) is 22.4 Å². The number of rotatable bonds is 4. The third-order valence-electron chi connectivity index (χ3n) is 5.45. The first-order valence-corrected chi connectivity index (χ1v) is 10.1. The van der Waals surface area contributed by atoms with Crippen molar-refractivity contribution < 1.29 is 19.3 Å². The third-order valence-corrected chi connectivity index (χ3v) is 5.74. The summed E-state index contributed by atoms with van der Waals surface area (Å²) in [5.74, 6) is 0. The number of aliphatic hydroxyl groups is 1. The molecule has 3 atom stereocenters. The second kappa shape index (κ2) is 6.95. The molecule has 0 saturated carbocycles. The molecule has 1 aromatic carbocycles. The molecule has 2 aromatic heterocycles. The van der Waals surface area contributed by atoms with Crippen LogP contribution in [-0.4, -0.2) is 51.6 Å². The maximum atomic E-state index is 10.1. The molecule has 0 aliphatic carbocycles. The Labute approximate surface area is 173 Å². The number of fused-ring (bicyclic) bond motifs is 2. The number of nitrogens with one attached hydrogen (secondary N) is 1. The maximum absolute atomic E-state index is 10.1. The summed E-state index contributed by atoms with van der Waals surface area (Å²) in [6.45, 7) is 4.68. The van der Waals surface area contributed by atoms with Crippen LogP contribution in [-0.2, 0) is 15.1 Å². The van der Waals surface area contributed by atoms with Crippen molar-refractivity contribution >= 4 is 22.8 Å². The Morgan fingerprint density at radius 1 is 1.21 bits per heavy atom. The van der Waals surface area contributed by atoms with E-state index in [1.54, 1.807) is 19.9 Å². The van der Waals surface area contributed by atoms with Gasteiger partial charge in [-0.25, -0.2) is 4.98 Å². The van der Waals surface area contributed by atoms with Gasteiger partial charge in [-0.15, -0.1) is 0 Å². The number of pyridine rings is 1. The molecule has 0 radical (unpaired) electrons. The van der Waals surface area contributed by atoms with Crippen LogP contribution in [0.15, 0.2) is 30.3 Å². The molecule has 2 aliphatic heterocycles. The average molecular weight is 416 g/mol. The van der Waals surface area contributed by atoms with Gasteiger partial charge in [0.25, 0.3) is 6.01 Å². The minimum atomic E-state index is -0.903.